The summed E-state index contributed by atoms with van der Waals surface area (Å²) in [5.74, 6) is 0.482. The fraction of sp³-hybridized carbons (Fsp3) is 0.214. The number of hydrogen-bond acceptors (Lipinski definition) is 6. The number of aliphatic hydroxyl groups excluding tert-OH is 1. The normalized spacial score (nSPS) is 13.0. The van der Waals surface area contributed by atoms with Crippen molar-refractivity contribution in [2.24, 2.45) is 0 Å². The van der Waals surface area contributed by atoms with Crippen LogP contribution < -0.4 is 10.9 Å². The van der Waals surface area contributed by atoms with E-state index in [4.69, 9.17) is 5.11 Å². The van der Waals surface area contributed by atoms with E-state index in [1.54, 1.807) is 12.1 Å². The average molecular weight is 319 g/mol. The summed E-state index contributed by atoms with van der Waals surface area (Å²) in [5, 5.41) is 21.3. The van der Waals surface area contributed by atoms with Crippen molar-refractivity contribution in [1.29, 1.82) is 0 Å². The van der Waals surface area contributed by atoms with Crippen molar-refractivity contribution in [1.82, 2.24) is 9.55 Å². The van der Waals surface area contributed by atoms with Crippen molar-refractivity contribution in [2.75, 3.05) is 17.7 Å². The summed E-state index contributed by atoms with van der Waals surface area (Å²) < 4.78 is 1.39. The molecule has 0 fully saturated rings. The van der Waals surface area contributed by atoms with Gasteiger partial charge < -0.3 is 15.5 Å². The van der Waals surface area contributed by atoms with Crippen LogP contribution in [0.2, 0.25) is 0 Å². The van der Waals surface area contributed by atoms with Crippen molar-refractivity contribution in [3.63, 3.8) is 0 Å². The Labute approximate surface area is 129 Å². The van der Waals surface area contributed by atoms with Gasteiger partial charge in [-0.15, -0.1) is 0 Å². The summed E-state index contributed by atoms with van der Waals surface area (Å²) in [6.45, 7) is -0.0560. The van der Waals surface area contributed by atoms with E-state index in [2.05, 4.69) is 10.3 Å². The number of aliphatic hydroxyl groups is 1. The first-order valence-electron chi connectivity index (χ1n) is 6.59. The molecule has 1 aromatic heterocycles. The first-order valence-corrected chi connectivity index (χ1v) is 7.57. The van der Waals surface area contributed by atoms with E-state index in [9.17, 15) is 14.7 Å². The van der Waals surface area contributed by atoms with Crippen LogP contribution in [0.4, 0.5) is 5.82 Å². The van der Waals surface area contributed by atoms with E-state index >= 15 is 0 Å². The molecule has 0 atom stereocenters. The van der Waals surface area contributed by atoms with Gasteiger partial charge in [0.2, 0.25) is 5.91 Å². The molecule has 3 rings (SSSR count). The second-order valence-corrected chi connectivity index (χ2v) is 5.74. The van der Waals surface area contributed by atoms with Gasteiger partial charge in [-0.25, -0.2) is 4.98 Å². The number of thioether (sulfide) groups is 1. The molecule has 3 N–H and O–H groups in total. The maximum atomic E-state index is 12.7. The van der Waals surface area contributed by atoms with E-state index in [1.165, 1.54) is 28.5 Å². The molecular weight excluding hydrogens is 306 g/mol. The van der Waals surface area contributed by atoms with Crippen LogP contribution in [0.5, 0.6) is 5.75 Å². The molecule has 114 valence electrons. The third-order valence-electron chi connectivity index (χ3n) is 3.17. The topological polar surface area (TPSA) is 104 Å². The van der Waals surface area contributed by atoms with E-state index in [-0.39, 0.29) is 36.1 Å². The maximum absolute atomic E-state index is 12.7. The molecule has 0 saturated heterocycles. The van der Waals surface area contributed by atoms with Crippen LogP contribution in [0.3, 0.4) is 0 Å². The highest BCUT2D eigenvalue weighted by Gasteiger charge is 2.26. The molecule has 22 heavy (non-hydrogen) atoms. The molecule has 0 bridgehead atoms. The molecule has 7 nitrogen and oxygen atoms in total. The fourth-order valence-electron chi connectivity index (χ4n) is 2.20. The highest BCUT2D eigenvalue weighted by atomic mass is 32.2. The van der Waals surface area contributed by atoms with Gasteiger partial charge in [-0.1, -0.05) is 11.8 Å². The number of nitrogens with one attached hydrogen (secondary N) is 1. The van der Waals surface area contributed by atoms with Gasteiger partial charge in [-0.05, 0) is 24.3 Å². The summed E-state index contributed by atoms with van der Waals surface area (Å²) in [4.78, 5) is 28.5. The van der Waals surface area contributed by atoms with E-state index in [1.807, 2.05) is 0 Å². The molecule has 0 unspecified atom stereocenters. The summed E-state index contributed by atoms with van der Waals surface area (Å²) in [5.41, 5.74) is 0.541. The molecule has 1 aliphatic heterocycles. The molecule has 2 aromatic rings. The number of aromatic hydroxyl groups is 1. The van der Waals surface area contributed by atoms with E-state index in [0.717, 1.165) is 0 Å². The minimum atomic E-state index is -0.325. The van der Waals surface area contributed by atoms with E-state index in [0.29, 0.717) is 22.2 Å². The molecule has 1 aromatic carbocycles. The van der Waals surface area contributed by atoms with Crippen LogP contribution in [-0.4, -0.2) is 38.0 Å². The first-order chi connectivity index (χ1) is 10.6. The van der Waals surface area contributed by atoms with Gasteiger partial charge >= 0.3 is 0 Å². The van der Waals surface area contributed by atoms with Crippen LogP contribution in [0.25, 0.3) is 5.69 Å². The van der Waals surface area contributed by atoms with Crippen LogP contribution in [0.1, 0.15) is 5.56 Å². The summed E-state index contributed by atoms with van der Waals surface area (Å²) >= 11 is 1.22. The predicted octanol–water partition coefficient (Wildman–Crippen LogP) is 0.517. The third-order valence-corrected chi connectivity index (χ3v) is 4.09. The summed E-state index contributed by atoms with van der Waals surface area (Å²) in [6, 6.07) is 6.13. The Morgan fingerprint density at radius 3 is 2.68 bits per heavy atom. The predicted molar refractivity (Wildman–Crippen MR) is 81.6 cm³/mol. The number of carbonyl (C=O) groups is 1. The van der Waals surface area contributed by atoms with Gasteiger partial charge in [0.25, 0.3) is 5.56 Å². The smallest absolute Gasteiger partial charge is 0.264 e. The van der Waals surface area contributed by atoms with Crippen molar-refractivity contribution < 1.29 is 15.0 Å². The van der Waals surface area contributed by atoms with Crippen LogP contribution in [-0.2, 0) is 11.2 Å². The number of phenols is 1. The van der Waals surface area contributed by atoms with Crippen LogP contribution >= 0.6 is 11.8 Å². The number of carbonyl (C=O) groups excluding carboxylic acids is 1. The number of nitrogens with zero attached hydrogens (tertiary/aromatic N) is 2. The number of hydrogen-bond donors (Lipinski definition) is 3. The van der Waals surface area contributed by atoms with Crippen molar-refractivity contribution in [3.8, 4) is 11.4 Å². The molecule has 8 heteroatoms. The Morgan fingerprint density at radius 2 is 2.00 bits per heavy atom. The first kappa shape index (κ1) is 14.6. The number of benzene rings is 1. The van der Waals surface area contributed by atoms with Gasteiger partial charge in [0.15, 0.2) is 5.16 Å². The fourth-order valence-corrected chi connectivity index (χ4v) is 2.95. The zero-order chi connectivity index (χ0) is 15.7. The van der Waals surface area contributed by atoms with Crippen molar-refractivity contribution in [2.45, 2.75) is 11.6 Å². The molecule has 0 aliphatic carbocycles. The number of aromatic nitrogens is 2. The number of anilines is 1. The second kappa shape index (κ2) is 5.82. The van der Waals surface area contributed by atoms with Gasteiger partial charge in [0, 0.05) is 5.75 Å². The number of rotatable bonds is 4. The Balaban J connectivity index is 2.18. The number of fused-ring (bicyclic) bond motifs is 1. The zero-order valence-electron chi connectivity index (χ0n) is 11.4. The standard InChI is InChI=1S/C14H13N3O4S/c18-5-6-22-14-16-12-10(7-11(20)15-12)13(21)17(14)8-1-3-9(19)4-2-8/h1-4,18-19H,5-7H2,(H,15,20). The average Bonchev–Trinajstić information content (AvgIpc) is 2.87. The van der Waals surface area contributed by atoms with Gasteiger partial charge in [-0.2, -0.15) is 0 Å². The minimum absolute atomic E-state index is 0.00416. The Hall–Kier alpha value is -2.32. The Kier molecular flexibility index (Phi) is 3.86. The molecule has 0 radical (unpaired) electrons. The summed E-state index contributed by atoms with van der Waals surface area (Å²) in [6.07, 6.45) is 0.00416. The maximum Gasteiger partial charge on any atom is 0.264 e. The minimum Gasteiger partial charge on any atom is -0.508 e. The van der Waals surface area contributed by atoms with E-state index < -0.39 is 0 Å². The lowest BCUT2D eigenvalue weighted by Gasteiger charge is -2.13. The molecule has 2 heterocycles. The SMILES string of the molecule is O=C1Cc2c(nc(SCCO)n(-c3ccc(O)cc3)c2=O)N1. The lowest BCUT2D eigenvalue weighted by Crippen LogP contribution is -2.24. The van der Waals surface area contributed by atoms with Gasteiger partial charge in [0.05, 0.1) is 24.3 Å². The quantitative estimate of drug-likeness (QED) is 0.560. The Bertz CT molecular complexity index is 786. The lowest BCUT2D eigenvalue weighted by atomic mass is 10.2. The highest BCUT2D eigenvalue weighted by molar-refractivity contribution is 7.99. The number of phenolic OH excluding ortho intramolecular Hbond substituents is 1. The Morgan fingerprint density at radius 1 is 1.27 bits per heavy atom. The van der Waals surface area contributed by atoms with Crippen LogP contribution in [0, 0.1) is 0 Å². The molecule has 0 spiro atoms. The largest absolute Gasteiger partial charge is 0.508 e. The third kappa shape index (κ3) is 2.58. The van der Waals surface area contributed by atoms with Crippen molar-refractivity contribution in [3.05, 3.63) is 40.2 Å². The second-order valence-electron chi connectivity index (χ2n) is 4.68. The lowest BCUT2D eigenvalue weighted by molar-refractivity contribution is -0.115. The van der Waals surface area contributed by atoms with Crippen LogP contribution in [0.15, 0.2) is 34.2 Å². The van der Waals surface area contributed by atoms with Crippen molar-refractivity contribution >= 4 is 23.5 Å². The monoisotopic (exact) mass is 319 g/mol. The molecule has 0 saturated carbocycles. The number of amides is 1. The van der Waals surface area contributed by atoms with Gasteiger partial charge in [0.1, 0.15) is 11.6 Å². The highest BCUT2D eigenvalue weighted by Crippen LogP contribution is 2.25. The summed E-state index contributed by atoms with van der Waals surface area (Å²) in [7, 11) is 0. The zero-order valence-corrected chi connectivity index (χ0v) is 12.3. The molecule has 1 amide bonds. The molecule has 1 aliphatic rings. The van der Waals surface area contributed by atoms with Gasteiger partial charge in [-0.3, -0.25) is 14.2 Å². The molecular formula is C14H13N3O4S.